The lowest BCUT2D eigenvalue weighted by Crippen LogP contribution is -2.07. The molecule has 0 amide bonds. The molecular formula is C18H17ClO. The third-order valence-corrected chi connectivity index (χ3v) is 3.61. The Labute approximate surface area is 124 Å². The summed E-state index contributed by atoms with van der Waals surface area (Å²) in [5, 5.41) is 0.725. The molecular weight excluding hydrogens is 268 g/mol. The molecule has 0 N–H and O–H groups in total. The van der Waals surface area contributed by atoms with Crippen LogP contribution in [0.2, 0.25) is 5.02 Å². The summed E-state index contributed by atoms with van der Waals surface area (Å²) < 4.78 is 0. The fourth-order valence-electron chi connectivity index (χ4n) is 2.16. The Balaban J connectivity index is 2.11. The first-order chi connectivity index (χ1) is 9.68. The molecule has 1 nitrogen and oxygen atoms in total. The maximum Gasteiger partial charge on any atom is 0.137 e. The minimum atomic E-state index is -0.0880. The number of carbonyl (C=O) groups excluding carboxylic acids is 1. The zero-order valence-corrected chi connectivity index (χ0v) is 12.2. The van der Waals surface area contributed by atoms with E-state index in [1.165, 1.54) is 0 Å². The number of Topliss-reactive ketones (excluding diaryl/α,β-unsaturated/α-hetero) is 1. The zero-order chi connectivity index (χ0) is 14.4. The molecule has 0 bridgehead atoms. The largest absolute Gasteiger partial charge is 0.299 e. The number of ketones is 1. The van der Waals surface area contributed by atoms with Crippen LogP contribution in [0.5, 0.6) is 0 Å². The van der Waals surface area contributed by atoms with E-state index >= 15 is 0 Å². The van der Waals surface area contributed by atoms with Crippen LogP contribution in [0.15, 0.2) is 60.7 Å². The molecule has 0 fully saturated rings. The van der Waals surface area contributed by atoms with E-state index < -0.39 is 0 Å². The number of allylic oxidation sites excluding steroid dienone is 1. The van der Waals surface area contributed by atoms with Crippen LogP contribution in [-0.2, 0) is 4.79 Å². The van der Waals surface area contributed by atoms with E-state index in [1.54, 1.807) is 6.92 Å². The van der Waals surface area contributed by atoms with Gasteiger partial charge in [0.15, 0.2) is 0 Å². The van der Waals surface area contributed by atoms with Gasteiger partial charge in [0.2, 0.25) is 0 Å². The Hall–Kier alpha value is -1.86. The first-order valence-corrected chi connectivity index (χ1v) is 7.02. The topological polar surface area (TPSA) is 17.1 Å². The van der Waals surface area contributed by atoms with E-state index in [2.05, 4.69) is 0 Å². The van der Waals surface area contributed by atoms with Crippen LogP contribution in [-0.4, -0.2) is 5.78 Å². The molecule has 0 heterocycles. The molecule has 1 unspecified atom stereocenters. The van der Waals surface area contributed by atoms with Crippen LogP contribution >= 0.6 is 11.6 Å². The molecule has 0 saturated carbocycles. The highest BCUT2D eigenvalue weighted by molar-refractivity contribution is 6.32. The van der Waals surface area contributed by atoms with Gasteiger partial charge >= 0.3 is 0 Å². The lowest BCUT2D eigenvalue weighted by molar-refractivity contribution is -0.118. The van der Waals surface area contributed by atoms with Crippen LogP contribution in [0.25, 0.3) is 6.08 Å². The fraction of sp³-hybridized carbons (Fsp3) is 0.167. The van der Waals surface area contributed by atoms with E-state index in [1.807, 2.05) is 66.7 Å². The Bertz CT molecular complexity index is 602. The number of carbonyl (C=O) groups is 1. The van der Waals surface area contributed by atoms with Gasteiger partial charge in [-0.3, -0.25) is 4.79 Å². The zero-order valence-electron chi connectivity index (χ0n) is 11.4. The summed E-state index contributed by atoms with van der Waals surface area (Å²) in [5.74, 6) is 0.0925. The summed E-state index contributed by atoms with van der Waals surface area (Å²) in [6.07, 6.45) is 4.67. The number of hydrogen-bond donors (Lipinski definition) is 0. The molecule has 2 rings (SSSR count). The smallest absolute Gasteiger partial charge is 0.137 e. The summed E-state index contributed by atoms with van der Waals surface area (Å²) in [5.41, 5.74) is 2.04. The number of benzene rings is 2. The first kappa shape index (κ1) is 14.5. The highest BCUT2D eigenvalue weighted by atomic mass is 35.5. The molecule has 0 aromatic heterocycles. The SMILES string of the molecule is CC(=O)C(CC=Cc1ccccc1Cl)c1ccccc1. The molecule has 0 aliphatic carbocycles. The second-order valence-corrected chi connectivity index (χ2v) is 5.14. The van der Waals surface area contributed by atoms with Gasteiger partial charge in [-0.1, -0.05) is 72.3 Å². The number of halogens is 1. The van der Waals surface area contributed by atoms with Crippen molar-refractivity contribution in [3.63, 3.8) is 0 Å². The monoisotopic (exact) mass is 284 g/mol. The lowest BCUT2D eigenvalue weighted by Gasteiger charge is -2.11. The lowest BCUT2D eigenvalue weighted by atomic mass is 9.92. The third kappa shape index (κ3) is 3.82. The minimum absolute atomic E-state index is 0.0880. The maximum atomic E-state index is 11.8. The molecule has 102 valence electrons. The van der Waals surface area contributed by atoms with E-state index in [0.29, 0.717) is 6.42 Å². The van der Waals surface area contributed by atoms with Gasteiger partial charge in [0.05, 0.1) is 0 Å². The van der Waals surface area contributed by atoms with E-state index in [0.717, 1.165) is 16.1 Å². The molecule has 0 aliphatic rings. The predicted octanol–water partition coefficient (Wildman–Crippen LogP) is 5.12. The summed E-state index contributed by atoms with van der Waals surface area (Å²) in [6, 6.07) is 17.6. The Morgan fingerprint density at radius 1 is 1.10 bits per heavy atom. The highest BCUT2D eigenvalue weighted by Crippen LogP contribution is 2.23. The molecule has 20 heavy (non-hydrogen) atoms. The fourth-order valence-corrected chi connectivity index (χ4v) is 2.36. The molecule has 2 heteroatoms. The van der Waals surface area contributed by atoms with E-state index in [9.17, 15) is 4.79 Å². The maximum absolute atomic E-state index is 11.8. The first-order valence-electron chi connectivity index (χ1n) is 6.65. The van der Waals surface area contributed by atoms with Crippen LogP contribution < -0.4 is 0 Å². The van der Waals surface area contributed by atoms with Gasteiger partial charge in [0, 0.05) is 10.9 Å². The predicted molar refractivity (Wildman–Crippen MR) is 85.0 cm³/mol. The van der Waals surface area contributed by atoms with Gasteiger partial charge in [0.25, 0.3) is 0 Å². The van der Waals surface area contributed by atoms with Crippen molar-refractivity contribution in [1.82, 2.24) is 0 Å². The molecule has 2 aromatic carbocycles. The minimum Gasteiger partial charge on any atom is -0.299 e. The van der Waals surface area contributed by atoms with Gasteiger partial charge in [-0.05, 0) is 30.5 Å². The summed E-state index contributed by atoms with van der Waals surface area (Å²) in [6.45, 7) is 1.64. The van der Waals surface area contributed by atoms with E-state index in [4.69, 9.17) is 11.6 Å². The second-order valence-electron chi connectivity index (χ2n) is 4.73. The van der Waals surface area contributed by atoms with Crippen molar-refractivity contribution in [1.29, 1.82) is 0 Å². The normalized spacial score (nSPS) is 12.5. The van der Waals surface area contributed by atoms with Crippen molar-refractivity contribution in [2.24, 2.45) is 0 Å². The van der Waals surface area contributed by atoms with Crippen molar-refractivity contribution >= 4 is 23.5 Å². The third-order valence-electron chi connectivity index (χ3n) is 3.27. The Kier molecular flexibility index (Phi) is 5.14. The van der Waals surface area contributed by atoms with Gasteiger partial charge in [-0.25, -0.2) is 0 Å². The standard InChI is InChI=1S/C18H17ClO/c1-14(20)17(15-8-3-2-4-9-15)12-7-11-16-10-5-6-13-18(16)19/h2-11,13,17H,12H2,1H3. The Morgan fingerprint density at radius 3 is 2.40 bits per heavy atom. The van der Waals surface area contributed by atoms with E-state index in [-0.39, 0.29) is 11.7 Å². The molecule has 0 saturated heterocycles. The average Bonchev–Trinajstić information content (AvgIpc) is 2.46. The van der Waals surface area contributed by atoms with Gasteiger partial charge in [0.1, 0.15) is 5.78 Å². The molecule has 0 spiro atoms. The Morgan fingerprint density at radius 2 is 1.75 bits per heavy atom. The highest BCUT2D eigenvalue weighted by Gasteiger charge is 2.14. The van der Waals surface area contributed by atoms with Crippen molar-refractivity contribution in [3.05, 3.63) is 76.8 Å². The van der Waals surface area contributed by atoms with Crippen LogP contribution in [0, 0.1) is 0 Å². The van der Waals surface area contributed by atoms with Crippen molar-refractivity contribution in [2.75, 3.05) is 0 Å². The molecule has 0 aliphatic heterocycles. The number of rotatable bonds is 5. The van der Waals surface area contributed by atoms with Crippen molar-refractivity contribution in [3.8, 4) is 0 Å². The number of hydrogen-bond acceptors (Lipinski definition) is 1. The molecule has 2 aromatic rings. The van der Waals surface area contributed by atoms with Gasteiger partial charge < -0.3 is 0 Å². The summed E-state index contributed by atoms with van der Waals surface area (Å²) in [4.78, 5) is 11.8. The van der Waals surface area contributed by atoms with Gasteiger partial charge in [-0.2, -0.15) is 0 Å². The average molecular weight is 285 g/mol. The van der Waals surface area contributed by atoms with Crippen molar-refractivity contribution < 1.29 is 4.79 Å². The summed E-state index contributed by atoms with van der Waals surface area (Å²) in [7, 11) is 0. The summed E-state index contributed by atoms with van der Waals surface area (Å²) >= 11 is 6.10. The van der Waals surface area contributed by atoms with Crippen LogP contribution in [0.1, 0.15) is 30.4 Å². The second kappa shape index (κ2) is 7.06. The molecule has 0 radical (unpaired) electrons. The molecule has 1 atom stereocenters. The van der Waals surface area contributed by atoms with Crippen LogP contribution in [0.3, 0.4) is 0 Å². The van der Waals surface area contributed by atoms with Crippen molar-refractivity contribution in [2.45, 2.75) is 19.3 Å². The van der Waals surface area contributed by atoms with Crippen LogP contribution in [0.4, 0.5) is 0 Å². The van der Waals surface area contributed by atoms with Gasteiger partial charge in [-0.15, -0.1) is 0 Å². The quantitative estimate of drug-likeness (QED) is 0.745.